The Kier molecular flexibility index (Phi) is 2.66. The van der Waals surface area contributed by atoms with Gasteiger partial charge in [0.2, 0.25) is 0 Å². The fraction of sp³-hybridized carbons (Fsp3) is 0.818. The molecule has 0 N–H and O–H groups in total. The number of Topliss-reactive ketones (excluding diaryl/α,β-unsaturated/α-hetero) is 1. The quantitative estimate of drug-likeness (QED) is 0.578. The molecule has 16 heavy (non-hydrogen) atoms. The van der Waals surface area contributed by atoms with Crippen molar-refractivity contribution in [3.8, 4) is 0 Å². The first kappa shape index (κ1) is 11.4. The maximum atomic E-state index is 11.8. The first-order valence-electron chi connectivity index (χ1n) is 5.50. The molecule has 0 radical (unpaired) electrons. The lowest BCUT2D eigenvalue weighted by molar-refractivity contribution is -0.120. The number of carbonyl (C=O) groups excluding carboxylic acids is 2. The number of likely N-dealkylation sites (tertiary alicyclic amines) is 1. The third kappa shape index (κ3) is 2.72. The minimum atomic E-state index is -0.532. The molecule has 0 spiro atoms. The number of hydrogen-bond donors (Lipinski definition) is 0. The van der Waals surface area contributed by atoms with Crippen molar-refractivity contribution in [1.82, 2.24) is 4.90 Å². The average Bonchev–Trinajstić information content (AvgIpc) is 2.77. The number of nitrogens with zero attached hydrogens (tertiary/aromatic N) is 1. The fourth-order valence-corrected chi connectivity index (χ4v) is 1.77. The first-order valence-corrected chi connectivity index (χ1v) is 5.50. The zero-order chi connectivity index (χ0) is 11.9. The van der Waals surface area contributed by atoms with Crippen LogP contribution in [0, 0.1) is 0 Å². The van der Waals surface area contributed by atoms with Crippen molar-refractivity contribution in [1.29, 1.82) is 0 Å². The second kappa shape index (κ2) is 3.73. The molecule has 2 unspecified atom stereocenters. The van der Waals surface area contributed by atoms with E-state index in [0.29, 0.717) is 13.0 Å². The summed E-state index contributed by atoms with van der Waals surface area (Å²) in [5.74, 6) is 0.0378. The van der Waals surface area contributed by atoms with Crippen molar-refractivity contribution in [3.63, 3.8) is 0 Å². The van der Waals surface area contributed by atoms with Crippen LogP contribution in [-0.4, -0.2) is 47.7 Å². The second-order valence-electron chi connectivity index (χ2n) is 5.32. The molecule has 0 aromatic carbocycles. The number of epoxide rings is 1. The number of carbonyl (C=O) groups is 2. The van der Waals surface area contributed by atoms with E-state index in [0.717, 1.165) is 0 Å². The summed E-state index contributed by atoms with van der Waals surface area (Å²) in [7, 11) is 0. The minimum absolute atomic E-state index is 0.0268. The Bertz CT molecular complexity index is 320. The van der Waals surface area contributed by atoms with Crippen LogP contribution in [0.15, 0.2) is 0 Å². The largest absolute Gasteiger partial charge is 0.444 e. The standard InChI is InChI=1S/C11H17NO4/c1-11(2,3)16-10(14)12-5-7(13)4-8-9(6-12)15-8/h8-9H,4-6H2,1-3H3. The number of ether oxygens (including phenoxy) is 2. The molecule has 2 aliphatic heterocycles. The van der Waals surface area contributed by atoms with Gasteiger partial charge in [0.1, 0.15) is 11.7 Å². The molecule has 2 atom stereocenters. The van der Waals surface area contributed by atoms with Gasteiger partial charge in [-0.1, -0.05) is 0 Å². The molecule has 0 aromatic rings. The SMILES string of the molecule is CC(C)(C)OC(=O)N1CC(=O)CC2OC2C1. The van der Waals surface area contributed by atoms with Gasteiger partial charge in [0.25, 0.3) is 0 Å². The van der Waals surface area contributed by atoms with Gasteiger partial charge in [-0.15, -0.1) is 0 Å². The van der Waals surface area contributed by atoms with Crippen LogP contribution in [0.25, 0.3) is 0 Å². The van der Waals surface area contributed by atoms with E-state index in [1.54, 1.807) is 20.8 Å². The van der Waals surface area contributed by atoms with E-state index in [4.69, 9.17) is 9.47 Å². The number of amides is 1. The average molecular weight is 227 g/mol. The summed E-state index contributed by atoms with van der Waals surface area (Å²) in [4.78, 5) is 24.7. The van der Waals surface area contributed by atoms with Crippen molar-refractivity contribution in [2.45, 2.75) is 45.0 Å². The lowest BCUT2D eigenvalue weighted by Gasteiger charge is -2.26. The van der Waals surface area contributed by atoms with E-state index in [1.165, 1.54) is 4.90 Å². The molecular weight excluding hydrogens is 210 g/mol. The highest BCUT2D eigenvalue weighted by molar-refractivity contribution is 5.85. The summed E-state index contributed by atoms with van der Waals surface area (Å²) < 4.78 is 10.5. The van der Waals surface area contributed by atoms with E-state index in [1.807, 2.05) is 0 Å². The smallest absolute Gasteiger partial charge is 0.410 e. The maximum Gasteiger partial charge on any atom is 0.410 e. The molecule has 5 nitrogen and oxygen atoms in total. The highest BCUT2D eigenvalue weighted by atomic mass is 16.6. The second-order valence-corrected chi connectivity index (χ2v) is 5.32. The lowest BCUT2D eigenvalue weighted by Crippen LogP contribution is -2.40. The first-order chi connectivity index (χ1) is 7.35. The Morgan fingerprint density at radius 2 is 2.12 bits per heavy atom. The summed E-state index contributed by atoms with van der Waals surface area (Å²) in [5.41, 5.74) is -0.532. The van der Waals surface area contributed by atoms with Crippen LogP contribution in [-0.2, 0) is 14.3 Å². The molecule has 2 aliphatic rings. The predicted molar refractivity (Wildman–Crippen MR) is 56.1 cm³/mol. The summed E-state index contributed by atoms with van der Waals surface area (Å²) in [6.07, 6.45) is 0.0418. The summed E-state index contributed by atoms with van der Waals surface area (Å²) in [5, 5.41) is 0. The number of rotatable bonds is 0. The van der Waals surface area contributed by atoms with E-state index in [-0.39, 0.29) is 24.5 Å². The normalized spacial score (nSPS) is 29.4. The number of fused-ring (bicyclic) bond motifs is 1. The topological polar surface area (TPSA) is 59.1 Å². The van der Waals surface area contributed by atoms with Gasteiger partial charge in [-0.2, -0.15) is 0 Å². The van der Waals surface area contributed by atoms with Gasteiger partial charge < -0.3 is 9.47 Å². The van der Waals surface area contributed by atoms with Crippen LogP contribution in [0.2, 0.25) is 0 Å². The fourth-order valence-electron chi connectivity index (χ4n) is 1.77. The lowest BCUT2D eigenvalue weighted by atomic mass is 10.2. The van der Waals surface area contributed by atoms with Crippen LogP contribution in [0.4, 0.5) is 4.79 Å². The van der Waals surface area contributed by atoms with Crippen LogP contribution in [0.5, 0.6) is 0 Å². The van der Waals surface area contributed by atoms with Gasteiger partial charge in [0.15, 0.2) is 5.78 Å². The van der Waals surface area contributed by atoms with Gasteiger partial charge in [-0.05, 0) is 20.8 Å². The Labute approximate surface area is 94.7 Å². The van der Waals surface area contributed by atoms with E-state index < -0.39 is 11.7 Å². The van der Waals surface area contributed by atoms with Gasteiger partial charge in [-0.25, -0.2) is 4.79 Å². The Balaban J connectivity index is 1.97. The molecule has 0 aromatic heterocycles. The third-order valence-corrected chi connectivity index (χ3v) is 2.54. The number of hydrogen-bond acceptors (Lipinski definition) is 4. The van der Waals surface area contributed by atoms with Crippen LogP contribution >= 0.6 is 0 Å². The van der Waals surface area contributed by atoms with E-state index in [9.17, 15) is 9.59 Å². The van der Waals surface area contributed by atoms with E-state index in [2.05, 4.69) is 0 Å². The van der Waals surface area contributed by atoms with Gasteiger partial charge in [0.05, 0.1) is 19.2 Å². The van der Waals surface area contributed by atoms with Crippen molar-refractivity contribution >= 4 is 11.9 Å². The maximum absolute atomic E-state index is 11.8. The molecule has 2 saturated heterocycles. The van der Waals surface area contributed by atoms with Gasteiger partial charge in [0, 0.05) is 6.42 Å². The molecular formula is C11H17NO4. The zero-order valence-corrected chi connectivity index (χ0v) is 9.86. The van der Waals surface area contributed by atoms with Crippen LogP contribution in [0.3, 0.4) is 0 Å². The highest BCUT2D eigenvalue weighted by Gasteiger charge is 2.45. The highest BCUT2D eigenvalue weighted by Crippen LogP contribution is 2.29. The molecule has 5 heteroatoms. The molecule has 0 saturated carbocycles. The number of ketones is 1. The van der Waals surface area contributed by atoms with Crippen LogP contribution in [0.1, 0.15) is 27.2 Å². The monoisotopic (exact) mass is 227 g/mol. The predicted octanol–water partition coefficient (Wildman–Crippen LogP) is 0.964. The summed E-state index contributed by atoms with van der Waals surface area (Å²) in [6.45, 7) is 6.03. The minimum Gasteiger partial charge on any atom is -0.444 e. The molecule has 1 amide bonds. The van der Waals surface area contributed by atoms with Gasteiger partial charge in [-0.3, -0.25) is 9.69 Å². The molecule has 2 heterocycles. The van der Waals surface area contributed by atoms with Crippen molar-refractivity contribution in [2.24, 2.45) is 0 Å². The molecule has 0 aliphatic carbocycles. The van der Waals surface area contributed by atoms with Crippen molar-refractivity contribution in [3.05, 3.63) is 0 Å². The van der Waals surface area contributed by atoms with Gasteiger partial charge >= 0.3 is 6.09 Å². The Morgan fingerprint density at radius 3 is 2.75 bits per heavy atom. The summed E-state index contributed by atoms with van der Waals surface area (Å²) >= 11 is 0. The molecule has 2 rings (SSSR count). The Hall–Kier alpha value is -1.10. The molecule has 2 fully saturated rings. The van der Waals surface area contributed by atoms with E-state index >= 15 is 0 Å². The Morgan fingerprint density at radius 1 is 1.44 bits per heavy atom. The third-order valence-electron chi connectivity index (χ3n) is 2.54. The van der Waals surface area contributed by atoms with Crippen molar-refractivity contribution < 1.29 is 19.1 Å². The molecule has 0 bridgehead atoms. The van der Waals surface area contributed by atoms with Crippen molar-refractivity contribution in [2.75, 3.05) is 13.1 Å². The van der Waals surface area contributed by atoms with Crippen LogP contribution < -0.4 is 0 Å². The zero-order valence-electron chi connectivity index (χ0n) is 9.86. The molecule has 90 valence electrons. The summed E-state index contributed by atoms with van der Waals surface area (Å²) in [6, 6.07) is 0.